The average molecular weight is 401 g/mol. The van der Waals surface area contributed by atoms with E-state index in [2.05, 4.69) is 4.74 Å². The predicted molar refractivity (Wildman–Crippen MR) is 100 cm³/mol. The molecular formula is C21H20FNO6. The van der Waals surface area contributed by atoms with Crippen molar-refractivity contribution in [3.05, 3.63) is 70.1 Å². The minimum absolute atomic E-state index is 0.00164. The van der Waals surface area contributed by atoms with Gasteiger partial charge >= 0.3 is 5.97 Å². The second-order valence-electron chi connectivity index (χ2n) is 6.92. The van der Waals surface area contributed by atoms with Crippen molar-refractivity contribution in [2.75, 3.05) is 13.7 Å². The molecule has 152 valence electrons. The Labute approximate surface area is 166 Å². The van der Waals surface area contributed by atoms with Gasteiger partial charge in [-0.1, -0.05) is 6.07 Å². The maximum absolute atomic E-state index is 13.5. The smallest absolute Gasteiger partial charge is 0.338 e. The van der Waals surface area contributed by atoms with Crippen molar-refractivity contribution >= 4 is 17.7 Å². The Hall–Kier alpha value is -3.42. The number of methoxy groups -OCH3 is 1. The highest BCUT2D eigenvalue weighted by atomic mass is 19.1. The Bertz CT molecular complexity index is 1020. The van der Waals surface area contributed by atoms with E-state index >= 15 is 0 Å². The van der Waals surface area contributed by atoms with Gasteiger partial charge in [0.05, 0.1) is 24.8 Å². The number of hydrogen-bond acceptors (Lipinski definition) is 6. The van der Waals surface area contributed by atoms with Gasteiger partial charge in [-0.3, -0.25) is 9.59 Å². The van der Waals surface area contributed by atoms with Crippen molar-refractivity contribution in [2.45, 2.75) is 26.3 Å². The van der Waals surface area contributed by atoms with Gasteiger partial charge in [0.15, 0.2) is 11.5 Å². The highest BCUT2D eigenvalue weighted by Crippen LogP contribution is 2.25. The lowest BCUT2D eigenvalue weighted by atomic mass is 10.0. The van der Waals surface area contributed by atoms with E-state index in [9.17, 15) is 23.9 Å². The Morgan fingerprint density at radius 3 is 2.62 bits per heavy atom. The fraction of sp³-hybridized carbons (Fsp3) is 0.286. The molecule has 0 spiro atoms. The van der Waals surface area contributed by atoms with Crippen LogP contribution in [0.4, 0.5) is 4.39 Å². The first-order valence-electron chi connectivity index (χ1n) is 8.96. The first-order valence-corrected chi connectivity index (χ1v) is 8.96. The Balaban J connectivity index is 1.83. The summed E-state index contributed by atoms with van der Waals surface area (Å²) in [6.45, 7) is 3.57. The number of carbonyl (C=O) groups excluding carboxylic acids is 3. The van der Waals surface area contributed by atoms with Crippen LogP contribution in [0, 0.1) is 5.82 Å². The highest BCUT2D eigenvalue weighted by molar-refractivity contribution is 6.14. The number of esters is 1. The van der Waals surface area contributed by atoms with Crippen LogP contribution in [0.3, 0.4) is 0 Å². The molecule has 2 heterocycles. The van der Waals surface area contributed by atoms with Crippen molar-refractivity contribution < 1.29 is 33.0 Å². The lowest BCUT2D eigenvalue weighted by Gasteiger charge is -2.20. The number of furan rings is 1. The molecule has 7 nitrogen and oxygen atoms in total. The number of ether oxygens (including phenoxy) is 1. The summed E-state index contributed by atoms with van der Waals surface area (Å²) in [5.74, 6) is -2.70. The lowest BCUT2D eigenvalue weighted by molar-refractivity contribution is -0.129. The van der Waals surface area contributed by atoms with Crippen LogP contribution >= 0.6 is 0 Å². The summed E-state index contributed by atoms with van der Waals surface area (Å²) < 4.78 is 23.7. The number of carbonyl (C=O) groups is 3. The molecule has 1 aliphatic rings. The molecule has 1 amide bonds. The van der Waals surface area contributed by atoms with Gasteiger partial charge in [-0.15, -0.1) is 0 Å². The molecule has 1 aromatic carbocycles. The van der Waals surface area contributed by atoms with Gasteiger partial charge in [-0.05, 0) is 43.7 Å². The molecule has 1 aromatic heterocycles. The number of aliphatic hydroxyl groups excluding tert-OH is 1. The number of ketones is 1. The maximum Gasteiger partial charge on any atom is 0.338 e. The molecule has 0 bridgehead atoms. The van der Waals surface area contributed by atoms with Crippen LogP contribution in [0.1, 0.15) is 46.1 Å². The number of rotatable bonds is 6. The quantitative estimate of drug-likeness (QED) is 0.590. The number of aliphatic hydroxyl groups is 1. The highest BCUT2D eigenvalue weighted by Gasteiger charge is 2.36. The molecule has 0 unspecified atom stereocenters. The normalized spacial score (nSPS) is 14.1. The Morgan fingerprint density at radius 1 is 1.28 bits per heavy atom. The van der Waals surface area contributed by atoms with E-state index in [1.165, 1.54) is 30.2 Å². The van der Waals surface area contributed by atoms with Gasteiger partial charge in [0.2, 0.25) is 5.78 Å². The second-order valence-corrected chi connectivity index (χ2v) is 6.92. The van der Waals surface area contributed by atoms with Crippen LogP contribution in [0.25, 0.3) is 0 Å². The summed E-state index contributed by atoms with van der Waals surface area (Å²) in [4.78, 5) is 38.0. The van der Waals surface area contributed by atoms with Crippen molar-refractivity contribution in [1.29, 1.82) is 0 Å². The van der Waals surface area contributed by atoms with Crippen molar-refractivity contribution in [3.8, 4) is 0 Å². The van der Waals surface area contributed by atoms with Gasteiger partial charge in [-0.2, -0.15) is 0 Å². The molecule has 1 N–H and O–H groups in total. The molecule has 0 aliphatic carbocycles. The predicted octanol–water partition coefficient (Wildman–Crippen LogP) is 3.04. The lowest BCUT2D eigenvalue weighted by Crippen LogP contribution is -2.34. The molecule has 0 fully saturated rings. The zero-order chi connectivity index (χ0) is 21.3. The molecule has 0 saturated carbocycles. The molecule has 0 atom stereocenters. The Kier molecular flexibility index (Phi) is 5.54. The van der Waals surface area contributed by atoms with Gasteiger partial charge in [-0.25, -0.2) is 9.18 Å². The summed E-state index contributed by atoms with van der Waals surface area (Å²) in [5, 5.41) is 10.0. The van der Waals surface area contributed by atoms with Crippen LogP contribution in [0.5, 0.6) is 0 Å². The minimum Gasteiger partial charge on any atom is -0.503 e. The van der Waals surface area contributed by atoms with Crippen molar-refractivity contribution in [3.63, 3.8) is 0 Å². The van der Waals surface area contributed by atoms with E-state index in [1.807, 2.05) is 0 Å². The zero-order valence-corrected chi connectivity index (χ0v) is 16.2. The van der Waals surface area contributed by atoms with Crippen LogP contribution in [0.15, 0.2) is 46.1 Å². The van der Waals surface area contributed by atoms with Crippen molar-refractivity contribution in [1.82, 2.24) is 4.90 Å². The number of hydrogen-bond donors (Lipinski definition) is 1. The fourth-order valence-corrected chi connectivity index (χ4v) is 3.11. The molecule has 0 radical (unpaired) electrons. The van der Waals surface area contributed by atoms with Gasteiger partial charge in [0.25, 0.3) is 5.91 Å². The fourth-order valence-electron chi connectivity index (χ4n) is 3.11. The number of nitrogens with zero attached hydrogens (tertiary/aromatic N) is 1. The molecule has 3 rings (SSSR count). The third-order valence-corrected chi connectivity index (χ3v) is 4.70. The van der Waals surface area contributed by atoms with E-state index in [-0.39, 0.29) is 35.9 Å². The summed E-state index contributed by atoms with van der Waals surface area (Å²) in [6.07, 6.45) is 0.125. The summed E-state index contributed by atoms with van der Waals surface area (Å²) in [5.41, 5.74) is 0.503. The van der Waals surface area contributed by atoms with Gasteiger partial charge in [0, 0.05) is 12.5 Å². The molecule has 29 heavy (non-hydrogen) atoms. The summed E-state index contributed by atoms with van der Waals surface area (Å²) >= 11 is 0. The van der Waals surface area contributed by atoms with Gasteiger partial charge in [0.1, 0.15) is 11.6 Å². The SMILES string of the molecule is COC(=O)c1cc(F)ccc1Cc1ccc(C(=O)C2=C(O)C(=O)N(C(C)C)C2)o1. The third-order valence-electron chi connectivity index (χ3n) is 4.70. The Morgan fingerprint density at radius 2 is 2.00 bits per heavy atom. The molecule has 1 aliphatic heterocycles. The summed E-state index contributed by atoms with van der Waals surface area (Å²) in [7, 11) is 1.20. The van der Waals surface area contributed by atoms with E-state index in [1.54, 1.807) is 19.9 Å². The number of Topliss-reactive ketones (excluding diaryl/α,β-unsaturated/α-hetero) is 1. The van der Waals surface area contributed by atoms with E-state index in [0.717, 1.165) is 6.07 Å². The second kappa shape index (κ2) is 7.90. The zero-order valence-electron chi connectivity index (χ0n) is 16.2. The largest absolute Gasteiger partial charge is 0.503 e. The topological polar surface area (TPSA) is 97.1 Å². The molecular weight excluding hydrogens is 381 g/mol. The van der Waals surface area contributed by atoms with Gasteiger partial charge < -0.3 is 19.2 Å². The van der Waals surface area contributed by atoms with Crippen molar-refractivity contribution in [2.24, 2.45) is 0 Å². The first kappa shape index (κ1) is 20.3. The monoisotopic (exact) mass is 401 g/mol. The number of amides is 1. The summed E-state index contributed by atoms with van der Waals surface area (Å²) in [6, 6.07) is 6.54. The van der Waals surface area contributed by atoms with Crippen LogP contribution in [-0.2, 0) is 16.0 Å². The molecule has 8 heteroatoms. The number of halogens is 1. The van der Waals surface area contributed by atoms with E-state index in [4.69, 9.17) is 4.42 Å². The molecule has 2 aromatic rings. The van der Waals surface area contributed by atoms with Crippen LogP contribution in [-0.4, -0.2) is 47.4 Å². The van der Waals surface area contributed by atoms with Crippen LogP contribution in [0.2, 0.25) is 0 Å². The number of benzene rings is 1. The van der Waals surface area contributed by atoms with E-state index in [0.29, 0.717) is 11.3 Å². The van der Waals surface area contributed by atoms with Crippen LogP contribution < -0.4 is 0 Å². The third kappa shape index (κ3) is 3.91. The average Bonchev–Trinajstić information content (AvgIpc) is 3.27. The standard InChI is InChI=1S/C21H20FNO6/c1-11(2)23-10-16(19(25)20(23)26)18(24)17-7-6-14(29-17)8-12-4-5-13(22)9-15(12)21(27)28-3/h4-7,9,11,25H,8,10H2,1-3H3. The minimum atomic E-state index is -0.685. The molecule has 0 saturated heterocycles. The first-order chi connectivity index (χ1) is 13.7. The van der Waals surface area contributed by atoms with E-state index < -0.39 is 29.2 Å². The maximum atomic E-state index is 13.5.